The molecule has 0 amide bonds. The predicted octanol–water partition coefficient (Wildman–Crippen LogP) is 3.80. The van der Waals surface area contributed by atoms with Crippen molar-refractivity contribution in [2.75, 3.05) is 5.75 Å². The maximum Gasteiger partial charge on any atom is 0.304 e. The van der Waals surface area contributed by atoms with E-state index < -0.39 is 5.97 Å². The number of aliphatic carboxylic acids is 1. The molecule has 0 saturated carbocycles. The van der Waals surface area contributed by atoms with Gasteiger partial charge in [-0.3, -0.25) is 14.2 Å². The van der Waals surface area contributed by atoms with Crippen molar-refractivity contribution in [3.63, 3.8) is 0 Å². The first-order valence-electron chi connectivity index (χ1n) is 9.04. The van der Waals surface area contributed by atoms with Crippen molar-refractivity contribution in [1.82, 2.24) is 9.55 Å². The molecule has 0 unspecified atom stereocenters. The van der Waals surface area contributed by atoms with Gasteiger partial charge in [0.15, 0.2) is 5.16 Å². The van der Waals surface area contributed by atoms with E-state index >= 15 is 0 Å². The van der Waals surface area contributed by atoms with E-state index in [1.165, 1.54) is 11.8 Å². The lowest BCUT2D eigenvalue weighted by Crippen LogP contribution is -2.24. The largest absolute Gasteiger partial charge is 0.491 e. The Morgan fingerprint density at radius 1 is 1.18 bits per heavy atom. The molecular formula is C21H22N2O4S. The molecule has 0 aliphatic rings. The van der Waals surface area contributed by atoms with Crippen LogP contribution in [0.5, 0.6) is 5.75 Å². The molecule has 0 fully saturated rings. The fourth-order valence-corrected chi connectivity index (χ4v) is 3.68. The molecule has 6 nitrogen and oxygen atoms in total. The van der Waals surface area contributed by atoms with E-state index in [4.69, 9.17) is 9.84 Å². The Hall–Kier alpha value is -2.80. The summed E-state index contributed by atoms with van der Waals surface area (Å²) in [4.78, 5) is 28.5. The monoisotopic (exact) mass is 398 g/mol. The summed E-state index contributed by atoms with van der Waals surface area (Å²) in [5.74, 6) is 0.253. The number of hydrogen-bond donors (Lipinski definition) is 1. The average Bonchev–Trinajstić information content (AvgIpc) is 2.65. The minimum absolute atomic E-state index is 0.00853. The Bertz CT molecular complexity index is 1030. The fourth-order valence-electron chi connectivity index (χ4n) is 2.76. The Balaban J connectivity index is 1.94. The van der Waals surface area contributed by atoms with E-state index in [0.29, 0.717) is 28.4 Å². The molecule has 0 atom stereocenters. The van der Waals surface area contributed by atoms with Gasteiger partial charge in [0.1, 0.15) is 5.75 Å². The zero-order valence-corrected chi connectivity index (χ0v) is 16.6. The summed E-state index contributed by atoms with van der Waals surface area (Å²) in [5, 5.41) is 9.96. The lowest BCUT2D eigenvalue weighted by Gasteiger charge is -2.14. The standard InChI is InChI=1S/C21H22N2O4S/c1-14(2)27-16-9-7-15(8-10-16)13-23-20(26)17-5-3-4-6-18(17)22-21(23)28-12-11-19(24)25/h3-10,14H,11-13H2,1-2H3,(H,24,25). The van der Waals surface area contributed by atoms with Gasteiger partial charge in [-0.25, -0.2) is 4.98 Å². The number of para-hydroxylation sites is 1. The molecular weight excluding hydrogens is 376 g/mol. The lowest BCUT2D eigenvalue weighted by atomic mass is 10.2. The van der Waals surface area contributed by atoms with E-state index in [9.17, 15) is 9.59 Å². The molecule has 0 aliphatic heterocycles. The third-order valence-corrected chi connectivity index (χ3v) is 4.99. The SMILES string of the molecule is CC(C)Oc1ccc(Cn2c(SCCC(=O)O)nc3ccccc3c2=O)cc1. The van der Waals surface area contributed by atoms with Crippen molar-refractivity contribution in [1.29, 1.82) is 0 Å². The number of carbonyl (C=O) groups is 1. The summed E-state index contributed by atoms with van der Waals surface area (Å²) < 4.78 is 7.26. The molecule has 28 heavy (non-hydrogen) atoms. The first-order chi connectivity index (χ1) is 13.4. The Labute approximate surface area is 167 Å². The van der Waals surface area contributed by atoms with E-state index in [-0.39, 0.29) is 18.1 Å². The second-order valence-corrected chi connectivity index (χ2v) is 7.67. The third kappa shape index (κ3) is 4.92. The number of ether oxygens (including phenoxy) is 1. The molecule has 146 valence electrons. The molecule has 7 heteroatoms. The topological polar surface area (TPSA) is 81.4 Å². The predicted molar refractivity (Wildman–Crippen MR) is 110 cm³/mol. The summed E-state index contributed by atoms with van der Waals surface area (Å²) in [5.41, 5.74) is 1.42. The van der Waals surface area contributed by atoms with Crippen LogP contribution in [0, 0.1) is 0 Å². The first kappa shape index (κ1) is 19.9. The molecule has 3 aromatic rings. The number of thioether (sulfide) groups is 1. The van der Waals surface area contributed by atoms with Crippen molar-refractivity contribution in [3.05, 3.63) is 64.4 Å². The van der Waals surface area contributed by atoms with Gasteiger partial charge in [-0.1, -0.05) is 36.0 Å². The third-order valence-electron chi connectivity index (χ3n) is 4.01. The van der Waals surface area contributed by atoms with Gasteiger partial charge in [-0.2, -0.15) is 0 Å². The molecule has 3 rings (SSSR count). The number of carboxylic acid groups (broad SMARTS) is 1. The highest BCUT2D eigenvalue weighted by Crippen LogP contribution is 2.21. The van der Waals surface area contributed by atoms with Gasteiger partial charge in [0, 0.05) is 5.75 Å². The Kier molecular flexibility index (Phi) is 6.36. The van der Waals surface area contributed by atoms with Crippen LogP contribution in [0.3, 0.4) is 0 Å². The maximum atomic E-state index is 13.0. The average molecular weight is 398 g/mol. The summed E-state index contributed by atoms with van der Waals surface area (Å²) in [6.07, 6.45) is 0.101. The number of carboxylic acids is 1. The van der Waals surface area contributed by atoms with Gasteiger partial charge >= 0.3 is 5.97 Å². The van der Waals surface area contributed by atoms with Crippen LogP contribution in [0.4, 0.5) is 0 Å². The summed E-state index contributed by atoms with van der Waals surface area (Å²) in [6, 6.07) is 14.8. The van der Waals surface area contributed by atoms with Crippen LogP contribution in [-0.2, 0) is 11.3 Å². The van der Waals surface area contributed by atoms with E-state index in [1.54, 1.807) is 16.7 Å². The zero-order valence-electron chi connectivity index (χ0n) is 15.8. The number of rotatable bonds is 8. The Morgan fingerprint density at radius 3 is 2.57 bits per heavy atom. The van der Waals surface area contributed by atoms with Crippen molar-refractivity contribution in [2.24, 2.45) is 0 Å². The minimum atomic E-state index is -0.872. The highest BCUT2D eigenvalue weighted by atomic mass is 32.2. The van der Waals surface area contributed by atoms with Crippen LogP contribution in [0.1, 0.15) is 25.8 Å². The van der Waals surface area contributed by atoms with Gasteiger partial charge in [-0.15, -0.1) is 0 Å². The molecule has 0 aliphatic carbocycles. The van der Waals surface area contributed by atoms with Crippen LogP contribution >= 0.6 is 11.8 Å². The van der Waals surface area contributed by atoms with E-state index in [2.05, 4.69) is 4.98 Å². The number of nitrogens with zero attached hydrogens (tertiary/aromatic N) is 2. The van der Waals surface area contributed by atoms with Gasteiger partial charge in [0.05, 0.1) is 30.0 Å². The number of benzene rings is 2. The van der Waals surface area contributed by atoms with Gasteiger partial charge in [0.25, 0.3) is 5.56 Å². The maximum absolute atomic E-state index is 13.0. The van der Waals surface area contributed by atoms with Gasteiger partial charge < -0.3 is 9.84 Å². The zero-order chi connectivity index (χ0) is 20.1. The number of aromatic nitrogens is 2. The second-order valence-electron chi connectivity index (χ2n) is 6.61. The van der Waals surface area contributed by atoms with E-state index in [1.807, 2.05) is 50.2 Å². The molecule has 0 saturated heterocycles. The summed E-state index contributed by atoms with van der Waals surface area (Å²) >= 11 is 1.28. The smallest absolute Gasteiger partial charge is 0.304 e. The molecule has 0 spiro atoms. The quantitative estimate of drug-likeness (QED) is 0.459. The lowest BCUT2D eigenvalue weighted by molar-refractivity contribution is -0.136. The van der Waals surface area contributed by atoms with Crippen LogP contribution in [0.2, 0.25) is 0 Å². The molecule has 2 aromatic carbocycles. The van der Waals surface area contributed by atoms with Crippen LogP contribution in [0.25, 0.3) is 10.9 Å². The van der Waals surface area contributed by atoms with E-state index in [0.717, 1.165) is 11.3 Å². The minimum Gasteiger partial charge on any atom is -0.491 e. The Morgan fingerprint density at radius 2 is 1.89 bits per heavy atom. The van der Waals surface area contributed by atoms with Crippen molar-refractivity contribution in [3.8, 4) is 5.75 Å². The highest BCUT2D eigenvalue weighted by Gasteiger charge is 2.13. The summed E-state index contributed by atoms with van der Waals surface area (Å²) in [6.45, 7) is 4.29. The van der Waals surface area contributed by atoms with Crippen molar-refractivity contribution < 1.29 is 14.6 Å². The van der Waals surface area contributed by atoms with Gasteiger partial charge in [0.2, 0.25) is 0 Å². The normalized spacial score (nSPS) is 11.1. The van der Waals surface area contributed by atoms with Crippen LogP contribution in [0.15, 0.2) is 58.5 Å². The fraction of sp³-hybridized carbons (Fsp3) is 0.286. The first-order valence-corrected chi connectivity index (χ1v) is 10.0. The molecule has 1 N–H and O–H groups in total. The number of fused-ring (bicyclic) bond motifs is 1. The van der Waals surface area contributed by atoms with Crippen LogP contribution < -0.4 is 10.3 Å². The molecule has 1 aromatic heterocycles. The van der Waals surface area contributed by atoms with Crippen molar-refractivity contribution >= 4 is 28.6 Å². The molecule has 1 heterocycles. The molecule has 0 radical (unpaired) electrons. The number of hydrogen-bond acceptors (Lipinski definition) is 5. The second kappa shape index (κ2) is 8.93. The molecule has 0 bridgehead atoms. The summed E-state index contributed by atoms with van der Waals surface area (Å²) in [7, 11) is 0. The van der Waals surface area contributed by atoms with Crippen molar-refractivity contribution in [2.45, 2.75) is 38.1 Å². The highest BCUT2D eigenvalue weighted by molar-refractivity contribution is 7.99. The van der Waals surface area contributed by atoms with Gasteiger partial charge in [-0.05, 0) is 43.7 Å². The van der Waals surface area contributed by atoms with Crippen LogP contribution in [-0.4, -0.2) is 32.5 Å².